The van der Waals surface area contributed by atoms with E-state index in [0.717, 1.165) is 5.56 Å². The minimum absolute atomic E-state index is 0.411. The molecule has 37 heavy (non-hydrogen) atoms. The predicted octanol–water partition coefficient (Wildman–Crippen LogP) is 6.51. The van der Waals surface area contributed by atoms with Crippen molar-refractivity contribution in [1.82, 2.24) is 5.32 Å². The molecule has 0 aliphatic carbocycles. The highest BCUT2D eigenvalue weighted by Gasteiger charge is 2.30. The maximum absolute atomic E-state index is 13.0. The van der Waals surface area contributed by atoms with Crippen LogP contribution in [0.25, 0.3) is 0 Å². The van der Waals surface area contributed by atoms with Crippen molar-refractivity contribution in [2.24, 2.45) is 4.99 Å². The third kappa shape index (κ3) is 7.14. The van der Waals surface area contributed by atoms with E-state index >= 15 is 0 Å². The second-order valence-electron chi connectivity index (χ2n) is 7.96. The molecule has 0 aliphatic heterocycles. The minimum Gasteiger partial charge on any atom is -0.439 e. The zero-order chi connectivity index (χ0) is 25.9. The zero-order valence-electron chi connectivity index (χ0n) is 19.7. The van der Waals surface area contributed by atoms with Gasteiger partial charge in [-0.1, -0.05) is 78.9 Å². The Kier molecular flexibility index (Phi) is 8.41. The van der Waals surface area contributed by atoms with Crippen LogP contribution in [0.5, 0.6) is 0 Å². The molecule has 0 unspecified atom stereocenters. The number of nitrogens with one attached hydrogen (secondary N) is 3. The highest BCUT2D eigenvalue weighted by Crippen LogP contribution is 2.33. The van der Waals surface area contributed by atoms with Crippen molar-refractivity contribution < 1.29 is 19.1 Å². The maximum atomic E-state index is 13.0. The van der Waals surface area contributed by atoms with Gasteiger partial charge in [0, 0.05) is 11.4 Å². The predicted molar refractivity (Wildman–Crippen MR) is 141 cm³/mol. The summed E-state index contributed by atoms with van der Waals surface area (Å²) >= 11 is 0. The van der Waals surface area contributed by atoms with Gasteiger partial charge in [-0.15, -0.1) is 0 Å². The monoisotopic (exact) mass is 492 g/mol. The first-order chi connectivity index (χ1) is 18.1. The van der Waals surface area contributed by atoms with E-state index in [1.807, 2.05) is 78.9 Å². The number of aliphatic imine (C=N–C) groups is 1. The number of ether oxygens (including phenoxy) is 1. The van der Waals surface area contributed by atoms with Crippen molar-refractivity contribution >= 4 is 35.3 Å². The molecule has 0 saturated carbocycles. The lowest BCUT2D eigenvalue weighted by molar-refractivity contribution is 0.0868. The molecule has 0 bridgehead atoms. The lowest BCUT2D eigenvalue weighted by Gasteiger charge is -2.29. The van der Waals surface area contributed by atoms with Gasteiger partial charge in [-0.2, -0.15) is 4.99 Å². The van der Waals surface area contributed by atoms with Crippen LogP contribution in [0.1, 0.15) is 23.3 Å². The molecule has 0 aromatic heterocycles. The summed E-state index contributed by atoms with van der Waals surface area (Å²) in [5.74, 6) is 0. The Morgan fingerprint density at radius 2 is 1.22 bits per heavy atom. The molecule has 0 radical (unpaired) electrons. The number of anilines is 2. The van der Waals surface area contributed by atoms with Crippen LogP contribution in [0.4, 0.5) is 26.7 Å². The lowest BCUT2D eigenvalue weighted by atomic mass is 9.95. The fraction of sp³-hybridized carbons (Fsp3) is 0.0690. The zero-order valence-corrected chi connectivity index (χ0v) is 19.7. The van der Waals surface area contributed by atoms with E-state index in [0.29, 0.717) is 22.6 Å². The molecule has 0 aliphatic rings. The molecule has 0 fully saturated rings. The number of urea groups is 1. The van der Waals surface area contributed by atoms with Crippen molar-refractivity contribution in [3.05, 3.63) is 126 Å². The number of hydrogen-bond acceptors (Lipinski definition) is 5. The molecular weight excluding hydrogens is 468 g/mol. The van der Waals surface area contributed by atoms with E-state index in [2.05, 4.69) is 20.9 Å². The van der Waals surface area contributed by atoms with Crippen molar-refractivity contribution in [3.8, 4) is 0 Å². The van der Waals surface area contributed by atoms with Crippen molar-refractivity contribution in [1.29, 1.82) is 0 Å². The molecule has 8 nitrogen and oxygen atoms in total. The molecular formula is C29H24N4O4. The van der Waals surface area contributed by atoms with E-state index in [4.69, 9.17) is 4.74 Å². The van der Waals surface area contributed by atoms with Crippen molar-refractivity contribution in [2.75, 3.05) is 10.6 Å². The van der Waals surface area contributed by atoms with Crippen LogP contribution in [-0.2, 0) is 9.53 Å². The van der Waals surface area contributed by atoms with Crippen LogP contribution in [0.15, 0.2) is 120 Å². The summed E-state index contributed by atoms with van der Waals surface area (Å²) in [6, 6.07) is 32.7. The summed E-state index contributed by atoms with van der Waals surface area (Å²) < 4.78 is 5.91. The Bertz CT molecular complexity index is 1360. The van der Waals surface area contributed by atoms with E-state index in [9.17, 15) is 14.4 Å². The molecule has 184 valence electrons. The number of para-hydroxylation sites is 1. The molecule has 3 amide bonds. The van der Waals surface area contributed by atoms with Crippen molar-refractivity contribution in [2.45, 2.75) is 12.1 Å². The number of hydrogen-bond donors (Lipinski definition) is 3. The number of isocyanates is 1. The smallest absolute Gasteiger partial charge is 0.412 e. The second kappa shape index (κ2) is 12.5. The number of amides is 3. The first-order valence-corrected chi connectivity index (χ1v) is 11.5. The summed E-state index contributed by atoms with van der Waals surface area (Å²) in [5, 5.41) is 8.46. The number of benzene rings is 4. The van der Waals surface area contributed by atoms with Gasteiger partial charge >= 0.3 is 12.1 Å². The fourth-order valence-corrected chi connectivity index (χ4v) is 3.73. The Morgan fingerprint density at radius 3 is 1.81 bits per heavy atom. The lowest BCUT2D eigenvalue weighted by Crippen LogP contribution is -2.37. The molecule has 0 saturated heterocycles. The van der Waals surface area contributed by atoms with Crippen LogP contribution in [0, 0.1) is 0 Å². The summed E-state index contributed by atoms with van der Waals surface area (Å²) in [4.78, 5) is 39.9. The maximum Gasteiger partial charge on any atom is 0.412 e. The van der Waals surface area contributed by atoms with Gasteiger partial charge in [0.05, 0.1) is 11.7 Å². The Morgan fingerprint density at radius 1 is 0.676 bits per heavy atom. The molecule has 4 aromatic rings. The van der Waals surface area contributed by atoms with Gasteiger partial charge in [-0.25, -0.2) is 14.4 Å². The average molecular weight is 493 g/mol. The molecule has 3 N–H and O–H groups in total. The average Bonchev–Trinajstić information content (AvgIpc) is 2.93. The first-order valence-electron chi connectivity index (χ1n) is 11.5. The topological polar surface area (TPSA) is 109 Å². The number of carbonyl (C=O) groups is 2. The van der Waals surface area contributed by atoms with Gasteiger partial charge < -0.3 is 15.4 Å². The molecule has 0 heterocycles. The van der Waals surface area contributed by atoms with Gasteiger partial charge in [0.15, 0.2) is 6.10 Å². The molecule has 2 atom stereocenters. The third-order valence-corrected chi connectivity index (χ3v) is 5.43. The van der Waals surface area contributed by atoms with Gasteiger partial charge in [0.1, 0.15) is 0 Å². The largest absolute Gasteiger partial charge is 0.439 e. The Labute approximate surface area is 214 Å². The molecule has 4 rings (SSSR count). The first kappa shape index (κ1) is 24.9. The number of carbonyl (C=O) groups excluding carboxylic acids is 3. The number of nitrogens with zero attached hydrogens (tertiary/aromatic N) is 1. The molecule has 0 spiro atoms. The molecule has 4 aromatic carbocycles. The highest BCUT2D eigenvalue weighted by molar-refractivity contribution is 5.89. The minimum atomic E-state index is -0.857. The summed E-state index contributed by atoms with van der Waals surface area (Å²) in [7, 11) is 0. The van der Waals surface area contributed by atoms with Gasteiger partial charge in [0.25, 0.3) is 0 Å². The molecule has 8 heteroatoms. The van der Waals surface area contributed by atoms with Gasteiger partial charge in [-0.05, 0) is 47.5 Å². The van der Waals surface area contributed by atoms with E-state index < -0.39 is 24.3 Å². The second-order valence-corrected chi connectivity index (χ2v) is 7.96. The van der Waals surface area contributed by atoms with Crippen LogP contribution in [-0.4, -0.2) is 18.2 Å². The summed E-state index contributed by atoms with van der Waals surface area (Å²) in [6.45, 7) is 0. The SMILES string of the molecule is O=C=Nc1ccc(NC(=O)O[C@@H](c2ccccc2)[C@H](NC(=O)Nc2ccccc2)c2ccccc2)cc1. The normalized spacial score (nSPS) is 11.8. The Balaban J connectivity index is 1.60. The fourth-order valence-electron chi connectivity index (χ4n) is 3.73. The van der Waals surface area contributed by atoms with Crippen LogP contribution < -0.4 is 16.0 Å². The van der Waals surface area contributed by atoms with Crippen molar-refractivity contribution in [3.63, 3.8) is 0 Å². The third-order valence-electron chi connectivity index (χ3n) is 5.43. The number of rotatable bonds is 8. The highest BCUT2D eigenvalue weighted by atomic mass is 16.6. The standard InChI is InChI=1S/C29H24N4O4/c34-20-30-23-16-18-25(19-17-23)32-29(36)37-27(22-12-6-2-7-13-22)26(21-10-4-1-5-11-21)33-28(35)31-24-14-8-3-9-15-24/h1-19,26-27H,(H,32,36)(H2,31,33,35)/t26-,27+/m1/s1. The van der Waals surface area contributed by atoms with Crippen LogP contribution in [0.3, 0.4) is 0 Å². The van der Waals surface area contributed by atoms with Gasteiger partial charge in [0.2, 0.25) is 6.08 Å². The van der Waals surface area contributed by atoms with Crippen LogP contribution >= 0.6 is 0 Å². The van der Waals surface area contributed by atoms with E-state index in [-0.39, 0.29) is 0 Å². The Hall–Kier alpha value is -5.20. The summed E-state index contributed by atoms with van der Waals surface area (Å²) in [6.07, 6.45) is -0.103. The van der Waals surface area contributed by atoms with Crippen LogP contribution in [0.2, 0.25) is 0 Å². The van der Waals surface area contributed by atoms with Gasteiger partial charge in [-0.3, -0.25) is 5.32 Å². The van der Waals surface area contributed by atoms with E-state index in [1.54, 1.807) is 36.4 Å². The van der Waals surface area contributed by atoms with E-state index in [1.165, 1.54) is 6.08 Å². The quantitative estimate of drug-likeness (QED) is 0.192. The summed E-state index contributed by atoms with van der Waals surface area (Å²) in [5.41, 5.74) is 2.94.